The Morgan fingerprint density at radius 1 is 0.293 bits per heavy atom. The lowest BCUT2D eigenvalue weighted by molar-refractivity contribution is -0.161. The van der Waals surface area contributed by atoms with Crippen LogP contribution in [0.5, 0.6) is 0 Å². The van der Waals surface area contributed by atoms with Crippen molar-refractivity contribution in [3.8, 4) is 0 Å². The fourth-order valence-corrected chi connectivity index (χ4v) is 10.1. The number of ether oxygens (including phenoxy) is 2. The largest absolute Gasteiger partial charge is 0.462 e. The van der Waals surface area contributed by atoms with Gasteiger partial charge >= 0.3 is 11.9 Å². The molecule has 5 heteroatoms. The van der Waals surface area contributed by atoms with E-state index in [0.29, 0.717) is 12.8 Å². The fraction of sp³-hybridized carbons (Fsp3) is 0.714. The molecule has 82 heavy (non-hydrogen) atoms. The second-order valence-corrected chi connectivity index (χ2v) is 23.2. The fourth-order valence-electron chi connectivity index (χ4n) is 10.1. The van der Waals surface area contributed by atoms with Crippen LogP contribution in [-0.4, -0.2) is 36.4 Å². The number of aliphatic hydroxyl groups excluding tert-OH is 1. The normalized spacial score (nSPS) is 13.0. The third-order valence-electron chi connectivity index (χ3n) is 15.3. The number of aliphatic hydroxyl groups is 1. The Morgan fingerprint density at radius 2 is 0.524 bits per heavy atom. The number of esters is 2. The van der Waals surface area contributed by atoms with Crippen LogP contribution in [0.25, 0.3) is 0 Å². The summed E-state index contributed by atoms with van der Waals surface area (Å²) < 4.78 is 10.7. The van der Waals surface area contributed by atoms with Crippen LogP contribution in [0.3, 0.4) is 0 Å². The predicted molar refractivity (Wildman–Crippen MR) is 362 cm³/mol. The van der Waals surface area contributed by atoms with Crippen LogP contribution in [0, 0.1) is 0 Å². The minimum absolute atomic E-state index is 0.0749. The minimum Gasteiger partial charge on any atom is -0.462 e. The van der Waals surface area contributed by atoms with Gasteiger partial charge < -0.3 is 14.6 Å². The van der Waals surface area contributed by atoms with E-state index in [1.165, 1.54) is 199 Å². The first kappa shape index (κ1) is 78.3. The maximum absolute atomic E-state index is 12.4. The SMILES string of the molecule is CC/C=C\C/C=C\C/C=C\C/C=C\C/C=C\C/C=C\C/C=C\C/C=C\C/C=C\C/C=C\CCCCCCCCC(=O)OC(CO)COC(=O)CCCCCCCCCCCCCCCCCCCCCCCCCCCCCCCCC. The molecular weight excluding hydrogens is 1000 g/mol. The van der Waals surface area contributed by atoms with Gasteiger partial charge in [-0.15, -0.1) is 0 Å². The summed E-state index contributed by atoms with van der Waals surface area (Å²) in [5, 5.41) is 9.70. The summed E-state index contributed by atoms with van der Waals surface area (Å²) in [5.74, 6) is -0.601. The molecule has 0 aliphatic carbocycles. The third kappa shape index (κ3) is 68.8. The molecule has 0 aromatic rings. The van der Waals surface area contributed by atoms with E-state index in [4.69, 9.17) is 9.47 Å². The van der Waals surface area contributed by atoms with E-state index < -0.39 is 6.10 Å². The van der Waals surface area contributed by atoms with E-state index in [2.05, 4.69) is 135 Å². The lowest BCUT2D eigenvalue weighted by atomic mass is 10.0. The van der Waals surface area contributed by atoms with E-state index in [9.17, 15) is 14.7 Å². The van der Waals surface area contributed by atoms with E-state index >= 15 is 0 Å². The van der Waals surface area contributed by atoms with Crippen molar-refractivity contribution >= 4 is 11.9 Å². The van der Waals surface area contributed by atoms with Crippen LogP contribution < -0.4 is 0 Å². The zero-order chi connectivity index (χ0) is 59.1. The topological polar surface area (TPSA) is 72.8 Å². The molecule has 0 radical (unpaired) electrons. The van der Waals surface area contributed by atoms with Gasteiger partial charge in [-0.05, 0) is 89.9 Å². The third-order valence-corrected chi connectivity index (χ3v) is 15.3. The van der Waals surface area contributed by atoms with Gasteiger partial charge in [0.25, 0.3) is 0 Å². The molecule has 0 fully saturated rings. The monoisotopic (exact) mass is 1140 g/mol. The van der Waals surface area contributed by atoms with E-state index in [-0.39, 0.29) is 25.2 Å². The summed E-state index contributed by atoms with van der Waals surface area (Å²) in [4.78, 5) is 24.6. The van der Waals surface area contributed by atoms with Crippen LogP contribution in [-0.2, 0) is 19.1 Å². The molecule has 0 aliphatic heterocycles. The van der Waals surface area contributed by atoms with Crippen molar-refractivity contribution in [3.05, 3.63) is 122 Å². The van der Waals surface area contributed by atoms with Crippen LogP contribution in [0.1, 0.15) is 335 Å². The highest BCUT2D eigenvalue weighted by atomic mass is 16.6. The summed E-state index contributed by atoms with van der Waals surface area (Å²) in [7, 11) is 0. The molecule has 5 nitrogen and oxygen atoms in total. The Labute approximate surface area is 509 Å². The number of carbonyl (C=O) groups excluding carboxylic acids is 2. The van der Waals surface area contributed by atoms with Gasteiger partial charge in [0, 0.05) is 12.8 Å². The van der Waals surface area contributed by atoms with Gasteiger partial charge in [-0.25, -0.2) is 0 Å². The molecule has 0 saturated heterocycles. The zero-order valence-corrected chi connectivity index (χ0v) is 54.0. The van der Waals surface area contributed by atoms with Crippen molar-refractivity contribution in [1.29, 1.82) is 0 Å². The maximum atomic E-state index is 12.4. The van der Waals surface area contributed by atoms with Gasteiger partial charge in [0.15, 0.2) is 6.10 Å². The summed E-state index contributed by atoms with van der Waals surface area (Å²) in [5.41, 5.74) is 0. The second-order valence-electron chi connectivity index (χ2n) is 23.2. The van der Waals surface area contributed by atoms with Crippen LogP contribution in [0.15, 0.2) is 122 Å². The van der Waals surface area contributed by atoms with E-state index in [0.717, 1.165) is 109 Å². The molecule has 0 aromatic carbocycles. The number of allylic oxidation sites excluding steroid dienone is 20. The minimum atomic E-state index is -0.788. The highest BCUT2D eigenvalue weighted by Crippen LogP contribution is 2.18. The molecule has 1 unspecified atom stereocenters. The quantitative estimate of drug-likeness (QED) is 0.0373. The van der Waals surface area contributed by atoms with Gasteiger partial charge in [-0.2, -0.15) is 0 Å². The lowest BCUT2D eigenvalue weighted by Crippen LogP contribution is -2.28. The molecule has 1 N–H and O–H groups in total. The number of hydrogen-bond donors (Lipinski definition) is 1. The van der Waals surface area contributed by atoms with Crippen molar-refractivity contribution in [2.45, 2.75) is 341 Å². The van der Waals surface area contributed by atoms with Crippen LogP contribution >= 0.6 is 0 Å². The molecule has 0 saturated carbocycles. The molecular formula is C77H132O5. The molecule has 0 amide bonds. The molecule has 0 bridgehead atoms. The van der Waals surface area contributed by atoms with Crippen LogP contribution in [0.2, 0.25) is 0 Å². The van der Waals surface area contributed by atoms with E-state index in [1.54, 1.807) is 0 Å². The first-order chi connectivity index (χ1) is 40.6. The Bertz CT molecular complexity index is 1620. The highest BCUT2D eigenvalue weighted by Gasteiger charge is 2.16. The standard InChI is InChI=1S/C77H132O5/c1-3-5-7-9-11-13-15-17-19-21-23-25-27-29-31-33-35-36-37-38-39-40-42-44-46-48-50-52-54-56-58-60-62-64-66-68-70-72-77(80)82-75(73-78)74-81-76(79)71-69-67-65-63-61-59-57-55-53-51-49-47-45-43-41-34-32-30-28-26-24-22-20-18-16-14-12-10-8-6-4-2/h5,7,11,13,17,19,23,25,29,31,35-36,38-39,42,44,48,50,54,56,75,78H,3-4,6,8-10,12,14-16,18,20-22,24,26-28,30,32-34,37,40-41,43,45-47,49,51-53,55,57-74H2,1-2H3/b7-5-,13-11-,19-17-,25-23-,31-29-,36-35-,39-38-,44-42-,50-48-,56-54-. The maximum Gasteiger partial charge on any atom is 0.306 e. The van der Waals surface area contributed by atoms with Gasteiger partial charge in [0.1, 0.15) is 6.61 Å². The van der Waals surface area contributed by atoms with Gasteiger partial charge in [-0.3, -0.25) is 9.59 Å². The molecule has 0 heterocycles. The van der Waals surface area contributed by atoms with Crippen molar-refractivity contribution in [2.24, 2.45) is 0 Å². The first-order valence-corrected chi connectivity index (χ1v) is 35.1. The second kappa shape index (κ2) is 71.6. The van der Waals surface area contributed by atoms with Crippen molar-refractivity contribution in [2.75, 3.05) is 13.2 Å². The number of carbonyl (C=O) groups is 2. The smallest absolute Gasteiger partial charge is 0.306 e. The molecule has 0 aromatic heterocycles. The summed E-state index contributed by atoms with van der Waals surface area (Å²) in [6.45, 7) is 4.05. The van der Waals surface area contributed by atoms with Crippen molar-refractivity contribution < 1.29 is 24.2 Å². The Kier molecular flexibility index (Phi) is 68.3. The van der Waals surface area contributed by atoms with Crippen molar-refractivity contribution in [1.82, 2.24) is 0 Å². The van der Waals surface area contributed by atoms with Crippen LogP contribution in [0.4, 0.5) is 0 Å². The van der Waals surface area contributed by atoms with Gasteiger partial charge in [0.2, 0.25) is 0 Å². The van der Waals surface area contributed by atoms with Gasteiger partial charge in [0.05, 0.1) is 6.61 Å². The molecule has 0 aliphatic rings. The molecule has 470 valence electrons. The molecule has 1 atom stereocenters. The first-order valence-electron chi connectivity index (χ1n) is 35.1. The molecule has 0 rings (SSSR count). The predicted octanol–water partition coefficient (Wildman–Crippen LogP) is 24.5. The Hall–Kier alpha value is -3.70. The summed E-state index contributed by atoms with van der Waals surface area (Å²) in [6, 6.07) is 0. The number of hydrogen-bond acceptors (Lipinski definition) is 5. The Balaban J connectivity index is 3.53. The zero-order valence-electron chi connectivity index (χ0n) is 54.0. The average Bonchev–Trinajstić information content (AvgIpc) is 3.49. The lowest BCUT2D eigenvalue weighted by Gasteiger charge is -2.15. The summed E-state index contributed by atoms with van der Waals surface area (Å²) in [6.07, 6.45) is 105. The number of rotatable bonds is 64. The van der Waals surface area contributed by atoms with E-state index in [1.807, 2.05) is 0 Å². The van der Waals surface area contributed by atoms with Gasteiger partial charge in [-0.1, -0.05) is 354 Å². The average molecular weight is 1140 g/mol. The Morgan fingerprint density at radius 3 is 0.793 bits per heavy atom. The highest BCUT2D eigenvalue weighted by molar-refractivity contribution is 5.70. The summed E-state index contributed by atoms with van der Waals surface area (Å²) >= 11 is 0. The number of unbranched alkanes of at least 4 members (excludes halogenated alkanes) is 36. The molecule has 0 spiro atoms. The van der Waals surface area contributed by atoms with Crippen molar-refractivity contribution in [3.63, 3.8) is 0 Å².